The van der Waals surface area contributed by atoms with Crippen LogP contribution in [0.25, 0.3) is 66.8 Å². The second-order valence-corrected chi connectivity index (χ2v) is 13.0. The summed E-state index contributed by atoms with van der Waals surface area (Å²) < 4.78 is 6.20. The van der Waals surface area contributed by atoms with Crippen molar-refractivity contribution in [2.24, 2.45) is 0 Å². The molecule has 0 radical (unpaired) electrons. The Hall–Kier alpha value is -6.90. The molecule has 0 aliphatic rings. The van der Waals surface area contributed by atoms with Crippen molar-refractivity contribution in [1.29, 1.82) is 0 Å². The van der Waals surface area contributed by atoms with Gasteiger partial charge in [-0.3, -0.25) is 0 Å². The van der Waals surface area contributed by atoms with Crippen LogP contribution in [0.15, 0.2) is 217 Å². The highest BCUT2D eigenvalue weighted by molar-refractivity contribution is 5.90. The molecule has 0 aliphatic heterocycles. The van der Waals surface area contributed by atoms with Crippen LogP contribution in [0.3, 0.4) is 0 Å². The molecule has 9 aromatic rings. The van der Waals surface area contributed by atoms with Gasteiger partial charge < -0.3 is 9.32 Å². The van der Waals surface area contributed by atoms with E-state index in [0.29, 0.717) is 0 Å². The molecule has 2 nitrogen and oxygen atoms in total. The number of nitrogens with zero attached hydrogens (tertiary/aromatic N) is 1. The van der Waals surface area contributed by atoms with Crippen LogP contribution in [-0.2, 0) is 0 Å². The van der Waals surface area contributed by atoms with E-state index in [2.05, 4.69) is 199 Å². The second kappa shape index (κ2) is 13.8. The molecular weight excluding hydrogens is 631 g/mol. The molecule has 0 atom stereocenters. The van der Waals surface area contributed by atoms with Crippen LogP contribution in [0.1, 0.15) is 0 Å². The van der Waals surface area contributed by atoms with Gasteiger partial charge in [-0.1, -0.05) is 164 Å². The summed E-state index contributed by atoms with van der Waals surface area (Å²) in [5, 5.41) is 1.11. The van der Waals surface area contributed by atoms with E-state index in [4.69, 9.17) is 4.42 Å². The molecule has 1 heterocycles. The largest absolute Gasteiger partial charge is 0.456 e. The molecule has 0 unspecified atom stereocenters. The van der Waals surface area contributed by atoms with Crippen LogP contribution in [0, 0.1) is 0 Å². The molecule has 0 fully saturated rings. The molecule has 0 amide bonds. The minimum absolute atomic E-state index is 0.873. The number of fused-ring (bicyclic) bond motifs is 1. The van der Waals surface area contributed by atoms with Crippen LogP contribution >= 0.6 is 0 Å². The van der Waals surface area contributed by atoms with Gasteiger partial charge in [0.2, 0.25) is 0 Å². The van der Waals surface area contributed by atoms with E-state index in [1.165, 1.54) is 27.8 Å². The van der Waals surface area contributed by atoms with Gasteiger partial charge in [0.25, 0.3) is 0 Å². The molecule has 0 spiro atoms. The van der Waals surface area contributed by atoms with Gasteiger partial charge in [-0.2, -0.15) is 0 Å². The van der Waals surface area contributed by atoms with Gasteiger partial charge in [0.1, 0.15) is 11.3 Å². The van der Waals surface area contributed by atoms with Gasteiger partial charge in [0, 0.05) is 27.9 Å². The molecule has 0 saturated heterocycles. The first-order chi connectivity index (χ1) is 25.8. The number of benzene rings is 8. The predicted octanol–water partition coefficient (Wildman–Crippen LogP) is 14.2. The standard InChI is InChI=1S/C50H35NO/c1-3-12-36(13-4-1)38-22-24-41(25-23-38)47-19-8-9-20-48(47)51(45-30-26-39(27-31-45)37-14-5-2-6-15-37)46-32-28-40(29-33-46)42-17-11-18-43(34-42)50-35-44-16-7-10-21-49(44)52-50/h1-35H. The van der Waals surface area contributed by atoms with Crippen molar-refractivity contribution in [2.45, 2.75) is 0 Å². The number of anilines is 3. The molecule has 246 valence electrons. The van der Waals surface area contributed by atoms with Crippen molar-refractivity contribution in [3.05, 3.63) is 212 Å². The summed E-state index contributed by atoms with van der Waals surface area (Å²) in [4.78, 5) is 2.36. The van der Waals surface area contributed by atoms with E-state index in [0.717, 1.165) is 56.0 Å². The summed E-state index contributed by atoms with van der Waals surface area (Å²) in [5.74, 6) is 0.873. The van der Waals surface area contributed by atoms with Crippen molar-refractivity contribution in [1.82, 2.24) is 0 Å². The quantitative estimate of drug-likeness (QED) is 0.161. The SMILES string of the molecule is c1ccc(-c2ccc(-c3ccccc3N(c3ccc(-c4ccccc4)cc3)c3ccc(-c4cccc(-c5cc6ccccc6o5)c4)cc3)cc2)cc1. The number of furan rings is 1. The van der Waals surface area contributed by atoms with Gasteiger partial charge in [0.15, 0.2) is 0 Å². The maximum Gasteiger partial charge on any atom is 0.135 e. The zero-order chi connectivity index (χ0) is 34.7. The van der Waals surface area contributed by atoms with Crippen LogP contribution < -0.4 is 4.90 Å². The molecular formula is C50H35NO. The van der Waals surface area contributed by atoms with E-state index in [9.17, 15) is 0 Å². The average Bonchev–Trinajstić information content (AvgIpc) is 3.67. The molecule has 8 aromatic carbocycles. The molecule has 9 rings (SSSR count). The van der Waals surface area contributed by atoms with Crippen LogP contribution in [-0.4, -0.2) is 0 Å². The summed E-state index contributed by atoms with van der Waals surface area (Å²) >= 11 is 0. The van der Waals surface area contributed by atoms with Crippen molar-refractivity contribution < 1.29 is 4.42 Å². The zero-order valence-corrected chi connectivity index (χ0v) is 28.6. The van der Waals surface area contributed by atoms with E-state index in [-0.39, 0.29) is 0 Å². The third-order valence-electron chi connectivity index (χ3n) is 9.71. The number of hydrogen-bond acceptors (Lipinski definition) is 2. The maximum absolute atomic E-state index is 6.20. The zero-order valence-electron chi connectivity index (χ0n) is 28.6. The normalized spacial score (nSPS) is 11.1. The number of rotatable bonds is 8. The highest BCUT2D eigenvalue weighted by atomic mass is 16.3. The number of hydrogen-bond donors (Lipinski definition) is 0. The minimum Gasteiger partial charge on any atom is -0.456 e. The van der Waals surface area contributed by atoms with Crippen molar-refractivity contribution in [3.8, 4) is 55.8 Å². The first-order valence-corrected chi connectivity index (χ1v) is 17.7. The predicted molar refractivity (Wildman–Crippen MR) is 218 cm³/mol. The highest BCUT2D eigenvalue weighted by Crippen LogP contribution is 2.42. The summed E-state index contributed by atoms with van der Waals surface area (Å²) in [5.41, 5.74) is 14.7. The molecule has 52 heavy (non-hydrogen) atoms. The topological polar surface area (TPSA) is 16.4 Å². The molecule has 0 N–H and O–H groups in total. The van der Waals surface area contributed by atoms with Gasteiger partial charge in [-0.05, 0) is 87.5 Å². The van der Waals surface area contributed by atoms with E-state index < -0.39 is 0 Å². The maximum atomic E-state index is 6.20. The summed E-state index contributed by atoms with van der Waals surface area (Å²) in [7, 11) is 0. The van der Waals surface area contributed by atoms with Gasteiger partial charge in [-0.25, -0.2) is 0 Å². The number of para-hydroxylation sites is 2. The van der Waals surface area contributed by atoms with Gasteiger partial charge in [-0.15, -0.1) is 0 Å². The molecule has 0 aliphatic carbocycles. The first-order valence-electron chi connectivity index (χ1n) is 17.7. The fraction of sp³-hybridized carbons (Fsp3) is 0. The molecule has 2 heteroatoms. The summed E-state index contributed by atoms with van der Waals surface area (Å²) in [6.45, 7) is 0. The lowest BCUT2D eigenvalue weighted by Crippen LogP contribution is -2.11. The fourth-order valence-electron chi connectivity index (χ4n) is 7.03. The Morgan fingerprint density at radius 3 is 1.40 bits per heavy atom. The Balaban J connectivity index is 1.10. The van der Waals surface area contributed by atoms with Crippen molar-refractivity contribution in [2.75, 3.05) is 4.90 Å². The van der Waals surface area contributed by atoms with Crippen molar-refractivity contribution in [3.63, 3.8) is 0 Å². The van der Waals surface area contributed by atoms with E-state index >= 15 is 0 Å². The summed E-state index contributed by atoms with van der Waals surface area (Å²) in [6, 6.07) is 75.3. The van der Waals surface area contributed by atoms with Crippen LogP contribution in [0.2, 0.25) is 0 Å². The van der Waals surface area contributed by atoms with Crippen LogP contribution in [0.5, 0.6) is 0 Å². The first kappa shape index (κ1) is 31.1. The fourth-order valence-corrected chi connectivity index (χ4v) is 7.03. The van der Waals surface area contributed by atoms with Crippen LogP contribution in [0.4, 0.5) is 17.1 Å². The molecule has 0 saturated carbocycles. The minimum atomic E-state index is 0.873. The monoisotopic (exact) mass is 665 g/mol. The smallest absolute Gasteiger partial charge is 0.135 e. The van der Waals surface area contributed by atoms with Crippen molar-refractivity contribution >= 4 is 28.0 Å². The molecule has 1 aromatic heterocycles. The Bertz CT molecular complexity index is 2550. The molecule has 0 bridgehead atoms. The Kier molecular flexibility index (Phi) is 8.24. The highest BCUT2D eigenvalue weighted by Gasteiger charge is 2.18. The van der Waals surface area contributed by atoms with E-state index in [1.54, 1.807) is 0 Å². The lowest BCUT2D eigenvalue weighted by atomic mass is 9.97. The summed E-state index contributed by atoms with van der Waals surface area (Å²) in [6.07, 6.45) is 0. The Morgan fingerprint density at radius 1 is 0.308 bits per heavy atom. The lowest BCUT2D eigenvalue weighted by Gasteiger charge is -2.28. The Morgan fingerprint density at radius 2 is 0.769 bits per heavy atom. The lowest BCUT2D eigenvalue weighted by molar-refractivity contribution is 0.631. The third kappa shape index (κ3) is 6.19. The van der Waals surface area contributed by atoms with E-state index in [1.807, 2.05) is 18.2 Å². The van der Waals surface area contributed by atoms with Gasteiger partial charge >= 0.3 is 0 Å². The second-order valence-electron chi connectivity index (χ2n) is 13.0. The Labute approximate surface area is 304 Å². The van der Waals surface area contributed by atoms with Gasteiger partial charge in [0.05, 0.1) is 5.69 Å². The third-order valence-corrected chi connectivity index (χ3v) is 9.71. The average molecular weight is 666 g/mol.